The molecular formula is C15H12BrF2N9O. The molecule has 1 atom stereocenters. The Morgan fingerprint density at radius 2 is 2.14 bits per heavy atom. The largest absolute Gasteiger partial charge is 0.342 e. The van der Waals surface area contributed by atoms with E-state index in [1.165, 1.54) is 24.8 Å². The van der Waals surface area contributed by atoms with E-state index in [0.29, 0.717) is 16.1 Å². The van der Waals surface area contributed by atoms with Crippen LogP contribution in [0.2, 0.25) is 0 Å². The second-order valence-electron chi connectivity index (χ2n) is 5.83. The van der Waals surface area contributed by atoms with E-state index in [0.717, 1.165) is 10.9 Å². The van der Waals surface area contributed by atoms with Crippen LogP contribution in [-0.4, -0.2) is 45.5 Å². The summed E-state index contributed by atoms with van der Waals surface area (Å²) in [4.78, 5) is 21.0. The van der Waals surface area contributed by atoms with Gasteiger partial charge in [0.2, 0.25) is 0 Å². The van der Waals surface area contributed by atoms with Crippen LogP contribution in [0.4, 0.5) is 8.78 Å². The molecule has 0 saturated carbocycles. The van der Waals surface area contributed by atoms with Gasteiger partial charge in [0.25, 0.3) is 12.3 Å². The van der Waals surface area contributed by atoms with Crippen molar-refractivity contribution in [2.45, 2.75) is 19.4 Å². The van der Waals surface area contributed by atoms with Crippen molar-refractivity contribution in [1.82, 2.24) is 44.9 Å². The van der Waals surface area contributed by atoms with Gasteiger partial charge in [-0.05, 0) is 28.9 Å². The number of fused-ring (bicyclic) bond motifs is 1. The van der Waals surface area contributed by atoms with Gasteiger partial charge in [-0.15, -0.1) is 5.10 Å². The Morgan fingerprint density at radius 3 is 2.86 bits per heavy atom. The van der Waals surface area contributed by atoms with Crippen LogP contribution in [0.5, 0.6) is 0 Å². The van der Waals surface area contributed by atoms with E-state index in [9.17, 15) is 13.6 Å². The second-order valence-corrected chi connectivity index (χ2v) is 6.64. The zero-order valence-electron chi connectivity index (χ0n) is 14.2. The number of aromatic amines is 1. The summed E-state index contributed by atoms with van der Waals surface area (Å²) in [6.07, 6.45) is 2.55. The van der Waals surface area contributed by atoms with Gasteiger partial charge >= 0.3 is 0 Å². The van der Waals surface area contributed by atoms with E-state index in [-0.39, 0.29) is 11.3 Å². The summed E-state index contributed by atoms with van der Waals surface area (Å²) in [6, 6.07) is 0.987. The van der Waals surface area contributed by atoms with Crippen molar-refractivity contribution >= 4 is 27.5 Å². The number of imidazole rings is 1. The van der Waals surface area contributed by atoms with Gasteiger partial charge in [-0.25, -0.2) is 23.4 Å². The van der Waals surface area contributed by atoms with Crippen LogP contribution in [0.3, 0.4) is 0 Å². The number of rotatable bonds is 5. The number of hydrogen-bond acceptors (Lipinski definition) is 6. The zero-order chi connectivity index (χ0) is 19.8. The van der Waals surface area contributed by atoms with Crippen molar-refractivity contribution in [1.29, 1.82) is 0 Å². The lowest BCUT2D eigenvalue weighted by Gasteiger charge is -2.13. The molecule has 0 aromatic carbocycles. The molecule has 1 amide bonds. The molecule has 144 valence electrons. The average Bonchev–Trinajstić information content (AvgIpc) is 3.42. The molecule has 4 aromatic rings. The molecule has 0 radical (unpaired) electrons. The SMILES string of the molecule is CC(NC(=O)c1cc(-n2nncc2C(F)F)c2ncc(Br)n2c1)c1ncn[nH]1. The monoisotopic (exact) mass is 451 g/mol. The van der Waals surface area contributed by atoms with Crippen LogP contribution in [-0.2, 0) is 0 Å². The normalized spacial score (nSPS) is 12.6. The Balaban J connectivity index is 1.78. The average molecular weight is 452 g/mol. The van der Waals surface area contributed by atoms with Gasteiger partial charge in [0.15, 0.2) is 5.65 Å². The fourth-order valence-corrected chi connectivity index (χ4v) is 3.04. The highest BCUT2D eigenvalue weighted by molar-refractivity contribution is 9.10. The van der Waals surface area contributed by atoms with Gasteiger partial charge in [-0.3, -0.25) is 14.3 Å². The van der Waals surface area contributed by atoms with Gasteiger partial charge in [0.05, 0.1) is 24.0 Å². The minimum Gasteiger partial charge on any atom is -0.342 e. The van der Waals surface area contributed by atoms with Crippen molar-refractivity contribution in [2.24, 2.45) is 0 Å². The first-order chi connectivity index (χ1) is 13.5. The lowest BCUT2D eigenvalue weighted by molar-refractivity contribution is 0.0938. The van der Waals surface area contributed by atoms with E-state index < -0.39 is 24.1 Å². The van der Waals surface area contributed by atoms with Crippen LogP contribution in [0.1, 0.15) is 41.3 Å². The highest BCUT2D eigenvalue weighted by Gasteiger charge is 2.22. The highest BCUT2D eigenvalue weighted by Crippen LogP contribution is 2.26. The molecule has 10 nitrogen and oxygen atoms in total. The molecule has 0 bridgehead atoms. The molecule has 0 fully saturated rings. The van der Waals surface area contributed by atoms with Crippen LogP contribution in [0, 0.1) is 0 Å². The molecular weight excluding hydrogens is 440 g/mol. The summed E-state index contributed by atoms with van der Waals surface area (Å²) in [6.45, 7) is 1.73. The second kappa shape index (κ2) is 7.07. The number of carbonyl (C=O) groups excluding carboxylic acids is 1. The lowest BCUT2D eigenvalue weighted by atomic mass is 10.2. The standard InChI is InChI=1S/C15H12BrF2N9O/c1-7(13-20-6-22-24-13)23-15(28)8-2-9(14-19-4-11(16)26(14)5-8)27-10(12(17)18)3-21-25-27/h2-7,12H,1H3,(H,23,28)(H,20,22,24). The third kappa shape index (κ3) is 3.13. The van der Waals surface area contributed by atoms with Gasteiger partial charge in [-0.1, -0.05) is 5.21 Å². The van der Waals surface area contributed by atoms with Crippen molar-refractivity contribution in [3.63, 3.8) is 0 Å². The molecule has 0 aliphatic carbocycles. The number of halogens is 3. The quantitative estimate of drug-likeness (QED) is 0.480. The Kier molecular flexibility index (Phi) is 4.58. The molecule has 2 N–H and O–H groups in total. The minimum absolute atomic E-state index is 0.193. The number of pyridine rings is 1. The maximum atomic E-state index is 13.3. The summed E-state index contributed by atoms with van der Waals surface area (Å²) in [5.74, 6) is 0.0427. The molecule has 0 aliphatic rings. The lowest BCUT2D eigenvalue weighted by Crippen LogP contribution is -2.28. The fraction of sp³-hybridized carbons (Fsp3) is 0.200. The summed E-state index contributed by atoms with van der Waals surface area (Å²) in [5.41, 5.74) is 0.328. The summed E-state index contributed by atoms with van der Waals surface area (Å²) in [7, 11) is 0. The smallest absolute Gasteiger partial charge is 0.282 e. The number of hydrogen-bond donors (Lipinski definition) is 2. The van der Waals surface area contributed by atoms with Crippen LogP contribution >= 0.6 is 15.9 Å². The highest BCUT2D eigenvalue weighted by atomic mass is 79.9. The van der Waals surface area contributed by atoms with Gasteiger partial charge in [-0.2, -0.15) is 5.10 Å². The van der Waals surface area contributed by atoms with E-state index in [4.69, 9.17) is 0 Å². The van der Waals surface area contributed by atoms with E-state index in [2.05, 4.69) is 51.7 Å². The van der Waals surface area contributed by atoms with Crippen molar-refractivity contribution < 1.29 is 13.6 Å². The van der Waals surface area contributed by atoms with Crippen LogP contribution < -0.4 is 5.32 Å². The molecule has 1 unspecified atom stereocenters. The number of nitrogens with zero attached hydrogens (tertiary/aromatic N) is 7. The maximum absolute atomic E-state index is 13.3. The van der Waals surface area contributed by atoms with Crippen molar-refractivity contribution in [3.05, 3.63) is 52.7 Å². The van der Waals surface area contributed by atoms with E-state index >= 15 is 0 Å². The van der Waals surface area contributed by atoms with E-state index in [1.807, 2.05) is 0 Å². The molecule has 4 rings (SSSR count). The topological polar surface area (TPSA) is 119 Å². The van der Waals surface area contributed by atoms with Gasteiger partial charge in [0, 0.05) is 6.20 Å². The first-order valence-electron chi connectivity index (χ1n) is 7.97. The van der Waals surface area contributed by atoms with Gasteiger partial charge in [0.1, 0.15) is 28.1 Å². The minimum atomic E-state index is -2.79. The van der Waals surface area contributed by atoms with Crippen molar-refractivity contribution in [3.8, 4) is 5.69 Å². The molecule has 4 aromatic heterocycles. The summed E-state index contributed by atoms with van der Waals surface area (Å²) in [5, 5.41) is 16.5. The summed E-state index contributed by atoms with van der Waals surface area (Å²) < 4.78 is 29.7. The molecule has 28 heavy (non-hydrogen) atoms. The third-order valence-corrected chi connectivity index (χ3v) is 4.61. The first kappa shape index (κ1) is 18.2. The van der Waals surface area contributed by atoms with Crippen LogP contribution in [0.15, 0.2) is 35.6 Å². The number of H-pyrrole nitrogens is 1. The first-order valence-corrected chi connectivity index (χ1v) is 8.77. The number of amides is 1. The zero-order valence-corrected chi connectivity index (χ0v) is 15.8. The Labute approximate surface area is 164 Å². The molecule has 4 heterocycles. The number of aromatic nitrogens is 8. The Morgan fingerprint density at radius 1 is 1.32 bits per heavy atom. The number of nitrogens with one attached hydrogen (secondary N) is 2. The number of carbonyl (C=O) groups is 1. The maximum Gasteiger partial charge on any atom is 0.282 e. The number of alkyl halides is 2. The molecule has 13 heteroatoms. The van der Waals surface area contributed by atoms with E-state index in [1.54, 1.807) is 11.3 Å². The fourth-order valence-electron chi connectivity index (χ4n) is 2.67. The predicted octanol–water partition coefficient (Wildman–Crippen LogP) is 2.22. The molecule has 0 spiro atoms. The van der Waals surface area contributed by atoms with Crippen molar-refractivity contribution in [2.75, 3.05) is 0 Å². The van der Waals surface area contributed by atoms with Gasteiger partial charge < -0.3 is 5.32 Å². The predicted molar refractivity (Wildman–Crippen MR) is 95.0 cm³/mol. The Bertz CT molecular complexity index is 1140. The summed E-state index contributed by atoms with van der Waals surface area (Å²) >= 11 is 3.33. The Hall–Kier alpha value is -3.22. The van der Waals surface area contributed by atoms with Crippen LogP contribution in [0.25, 0.3) is 11.3 Å². The molecule has 0 saturated heterocycles. The molecule has 0 aliphatic heterocycles. The third-order valence-electron chi connectivity index (χ3n) is 4.02.